The van der Waals surface area contributed by atoms with E-state index in [0.717, 1.165) is 24.0 Å². The van der Waals surface area contributed by atoms with Crippen LogP contribution in [0.1, 0.15) is 46.3 Å². The average molecular weight is 220 g/mol. The van der Waals surface area contributed by atoms with E-state index in [2.05, 4.69) is 6.92 Å². The minimum Gasteiger partial charge on any atom is -0.496 e. The van der Waals surface area contributed by atoms with Gasteiger partial charge >= 0.3 is 5.97 Å². The summed E-state index contributed by atoms with van der Waals surface area (Å²) in [5.74, 6) is 0.145. The summed E-state index contributed by atoms with van der Waals surface area (Å²) in [4.78, 5) is 11.1. The van der Waals surface area contributed by atoms with Gasteiger partial charge in [0.1, 0.15) is 11.3 Å². The number of fused-ring (bicyclic) bond motifs is 1. The molecule has 0 radical (unpaired) electrons. The number of hydrogen-bond acceptors (Lipinski definition) is 2. The lowest BCUT2D eigenvalue weighted by atomic mass is 9.95. The smallest absolute Gasteiger partial charge is 0.339 e. The molecule has 3 heteroatoms. The zero-order valence-corrected chi connectivity index (χ0v) is 9.83. The minimum absolute atomic E-state index is 0.285. The molecule has 2 rings (SSSR count). The molecule has 0 unspecified atom stereocenters. The van der Waals surface area contributed by atoms with Gasteiger partial charge < -0.3 is 9.84 Å². The third-order valence-electron chi connectivity index (χ3n) is 3.38. The van der Waals surface area contributed by atoms with Gasteiger partial charge in [-0.15, -0.1) is 0 Å². The number of rotatable bonds is 2. The minimum atomic E-state index is -0.915. The van der Waals surface area contributed by atoms with Crippen LogP contribution in [-0.2, 0) is 6.42 Å². The standard InChI is InChI=1S/C13H16O3/c1-7-4-5-9-11(7)8(2)6-10(13(14)15)12(9)16-3/h6-7H,4-5H2,1-3H3,(H,14,15)/t7-/m1/s1. The molecule has 86 valence electrons. The lowest BCUT2D eigenvalue weighted by Crippen LogP contribution is -2.05. The molecule has 0 aliphatic heterocycles. The highest BCUT2D eigenvalue weighted by molar-refractivity contribution is 5.92. The van der Waals surface area contributed by atoms with Crippen molar-refractivity contribution in [2.24, 2.45) is 0 Å². The summed E-state index contributed by atoms with van der Waals surface area (Å²) >= 11 is 0. The van der Waals surface area contributed by atoms with Gasteiger partial charge in [0, 0.05) is 0 Å². The highest BCUT2D eigenvalue weighted by atomic mass is 16.5. The second kappa shape index (κ2) is 3.81. The van der Waals surface area contributed by atoms with Crippen LogP contribution in [-0.4, -0.2) is 18.2 Å². The number of carboxylic acid groups (broad SMARTS) is 1. The third kappa shape index (κ3) is 1.47. The first-order valence-corrected chi connectivity index (χ1v) is 5.50. The summed E-state index contributed by atoms with van der Waals surface area (Å²) < 4.78 is 5.27. The first kappa shape index (κ1) is 11.0. The Balaban J connectivity index is 2.70. The Morgan fingerprint density at radius 1 is 1.56 bits per heavy atom. The molecule has 1 aliphatic carbocycles. The van der Waals surface area contributed by atoms with E-state index in [1.165, 1.54) is 5.56 Å². The van der Waals surface area contributed by atoms with Crippen LogP contribution < -0.4 is 4.74 Å². The monoisotopic (exact) mass is 220 g/mol. The highest BCUT2D eigenvalue weighted by Gasteiger charge is 2.27. The molecule has 1 aromatic rings. The maximum atomic E-state index is 11.1. The molecule has 0 saturated heterocycles. The molecular weight excluding hydrogens is 204 g/mol. The van der Waals surface area contributed by atoms with Crippen LogP contribution in [0.3, 0.4) is 0 Å². The molecule has 1 aliphatic rings. The first-order valence-electron chi connectivity index (χ1n) is 5.50. The van der Waals surface area contributed by atoms with Gasteiger partial charge in [-0.25, -0.2) is 4.79 Å². The van der Waals surface area contributed by atoms with Gasteiger partial charge in [-0.3, -0.25) is 0 Å². The molecule has 0 bridgehead atoms. The number of aromatic carboxylic acids is 1. The Morgan fingerprint density at radius 3 is 2.81 bits per heavy atom. The van der Waals surface area contributed by atoms with Crippen molar-refractivity contribution in [2.75, 3.05) is 7.11 Å². The molecule has 0 amide bonds. The van der Waals surface area contributed by atoms with E-state index in [9.17, 15) is 4.79 Å². The molecule has 1 N–H and O–H groups in total. The van der Waals surface area contributed by atoms with Crippen LogP contribution in [0.15, 0.2) is 6.07 Å². The van der Waals surface area contributed by atoms with E-state index in [-0.39, 0.29) is 5.56 Å². The molecule has 0 heterocycles. The van der Waals surface area contributed by atoms with E-state index >= 15 is 0 Å². The number of carboxylic acids is 1. The summed E-state index contributed by atoms with van der Waals surface area (Å²) in [6.45, 7) is 4.16. The molecule has 0 aromatic heterocycles. The van der Waals surface area contributed by atoms with Crippen molar-refractivity contribution in [3.8, 4) is 5.75 Å². The second-order valence-electron chi connectivity index (χ2n) is 4.41. The van der Waals surface area contributed by atoms with E-state index in [4.69, 9.17) is 9.84 Å². The van der Waals surface area contributed by atoms with Crippen LogP contribution in [0.25, 0.3) is 0 Å². The van der Waals surface area contributed by atoms with Crippen LogP contribution >= 0.6 is 0 Å². The fourth-order valence-corrected chi connectivity index (χ4v) is 2.71. The number of benzene rings is 1. The van der Waals surface area contributed by atoms with E-state index in [0.29, 0.717) is 11.7 Å². The fourth-order valence-electron chi connectivity index (χ4n) is 2.71. The maximum absolute atomic E-state index is 11.1. The van der Waals surface area contributed by atoms with E-state index < -0.39 is 5.97 Å². The second-order valence-corrected chi connectivity index (χ2v) is 4.41. The summed E-state index contributed by atoms with van der Waals surface area (Å²) in [5, 5.41) is 9.14. The molecular formula is C13H16O3. The van der Waals surface area contributed by atoms with Gasteiger partial charge in [0.05, 0.1) is 7.11 Å². The number of methoxy groups -OCH3 is 1. The van der Waals surface area contributed by atoms with Crippen LogP contribution in [0.2, 0.25) is 0 Å². The average Bonchev–Trinajstić information content (AvgIpc) is 2.61. The SMILES string of the molecule is COc1c(C(=O)O)cc(C)c2c1CC[C@H]2C. The van der Waals surface area contributed by atoms with Crippen LogP contribution in [0.5, 0.6) is 5.75 Å². The molecule has 3 nitrogen and oxygen atoms in total. The predicted octanol–water partition coefficient (Wildman–Crippen LogP) is 2.75. The number of aryl methyl sites for hydroxylation is 1. The van der Waals surface area contributed by atoms with Crippen molar-refractivity contribution in [2.45, 2.75) is 32.6 Å². The van der Waals surface area contributed by atoms with Crippen LogP contribution in [0, 0.1) is 6.92 Å². The Labute approximate surface area is 95.0 Å². The zero-order valence-electron chi connectivity index (χ0n) is 9.83. The van der Waals surface area contributed by atoms with Crippen molar-refractivity contribution in [1.29, 1.82) is 0 Å². The summed E-state index contributed by atoms with van der Waals surface area (Å²) in [7, 11) is 1.54. The lowest BCUT2D eigenvalue weighted by Gasteiger charge is -2.15. The van der Waals surface area contributed by atoms with E-state index in [1.807, 2.05) is 6.92 Å². The molecule has 0 fully saturated rings. The quantitative estimate of drug-likeness (QED) is 0.833. The van der Waals surface area contributed by atoms with Crippen molar-refractivity contribution in [3.05, 3.63) is 28.3 Å². The maximum Gasteiger partial charge on any atom is 0.339 e. The number of hydrogen-bond donors (Lipinski definition) is 1. The Kier molecular flexibility index (Phi) is 2.62. The van der Waals surface area contributed by atoms with E-state index in [1.54, 1.807) is 13.2 Å². The largest absolute Gasteiger partial charge is 0.496 e. The highest BCUT2D eigenvalue weighted by Crippen LogP contribution is 2.42. The predicted molar refractivity (Wildman–Crippen MR) is 61.4 cm³/mol. The third-order valence-corrected chi connectivity index (χ3v) is 3.38. The van der Waals surface area contributed by atoms with Gasteiger partial charge in [0.15, 0.2) is 0 Å². The van der Waals surface area contributed by atoms with Crippen LogP contribution in [0.4, 0.5) is 0 Å². The topological polar surface area (TPSA) is 46.5 Å². The zero-order chi connectivity index (χ0) is 11.9. The lowest BCUT2D eigenvalue weighted by molar-refractivity contribution is 0.0693. The normalized spacial score (nSPS) is 18.3. The van der Waals surface area contributed by atoms with Crippen molar-refractivity contribution < 1.29 is 14.6 Å². The summed E-state index contributed by atoms with van der Waals surface area (Å²) in [6, 6.07) is 1.72. The summed E-state index contributed by atoms with van der Waals surface area (Å²) in [6.07, 6.45) is 2.00. The molecule has 1 atom stereocenters. The Hall–Kier alpha value is -1.51. The molecule has 0 spiro atoms. The molecule has 16 heavy (non-hydrogen) atoms. The van der Waals surface area contributed by atoms with Gasteiger partial charge in [0.2, 0.25) is 0 Å². The molecule has 1 aromatic carbocycles. The number of ether oxygens (including phenoxy) is 1. The fraction of sp³-hybridized carbons (Fsp3) is 0.462. The van der Waals surface area contributed by atoms with Gasteiger partial charge in [-0.2, -0.15) is 0 Å². The molecule has 0 saturated carbocycles. The van der Waals surface area contributed by atoms with Crippen molar-refractivity contribution in [3.63, 3.8) is 0 Å². The first-order chi connectivity index (χ1) is 7.56. The van der Waals surface area contributed by atoms with Gasteiger partial charge in [0.25, 0.3) is 0 Å². The Bertz CT molecular complexity index is 449. The summed E-state index contributed by atoms with van der Waals surface area (Å²) in [5.41, 5.74) is 3.72. The van der Waals surface area contributed by atoms with Crippen molar-refractivity contribution >= 4 is 5.97 Å². The van der Waals surface area contributed by atoms with Crippen molar-refractivity contribution in [1.82, 2.24) is 0 Å². The van der Waals surface area contributed by atoms with Gasteiger partial charge in [-0.05, 0) is 48.4 Å². The number of carbonyl (C=O) groups is 1. The Morgan fingerprint density at radius 2 is 2.25 bits per heavy atom. The van der Waals surface area contributed by atoms with Gasteiger partial charge in [-0.1, -0.05) is 6.92 Å².